The fraction of sp³-hybridized carbons (Fsp3) is 0.343. The molecule has 0 saturated carbocycles. The fourth-order valence-corrected chi connectivity index (χ4v) is 5.81. The van der Waals surface area contributed by atoms with Gasteiger partial charge in [0.05, 0.1) is 31.0 Å². The van der Waals surface area contributed by atoms with Crippen LogP contribution < -0.4 is 5.32 Å². The molecule has 0 unspecified atom stereocenters. The highest BCUT2D eigenvalue weighted by Crippen LogP contribution is 2.27. The summed E-state index contributed by atoms with van der Waals surface area (Å²) in [5, 5.41) is 13.0. The van der Waals surface area contributed by atoms with Gasteiger partial charge in [0.25, 0.3) is 0 Å². The Hall–Kier alpha value is -4.23. The second kappa shape index (κ2) is 14.1. The molecule has 0 saturated heterocycles. The zero-order valence-corrected chi connectivity index (χ0v) is 23.7. The molecule has 0 bridgehead atoms. The molecular weight excluding hydrogens is 528 g/mol. The molecule has 2 aliphatic heterocycles. The standard InChI is InChI=1S/C35H38N2O5/c38-24-31-20-27-15-7-10-18-30(27)23-37(31)33(39)21-28-16-8-9-17-29(19-25-11-3-1-4-12-25)35(41)42-32(22-36-34(28)40)26-13-5-2-6-14-26/h1-15,18,28-29,31-32,38H,16-17,19-24H2,(H,36,40)/t28-,29-,31+,32-/m1/s1. The van der Waals surface area contributed by atoms with Gasteiger partial charge < -0.3 is 20.1 Å². The molecule has 2 N–H and O–H groups in total. The second-order valence-electron chi connectivity index (χ2n) is 11.1. The van der Waals surface area contributed by atoms with E-state index in [0.717, 1.165) is 22.3 Å². The molecule has 0 fully saturated rings. The number of aliphatic hydroxyl groups excluding tert-OH is 1. The molecule has 2 heterocycles. The van der Waals surface area contributed by atoms with Crippen molar-refractivity contribution >= 4 is 17.8 Å². The number of ether oxygens (including phenoxy) is 1. The number of esters is 1. The van der Waals surface area contributed by atoms with Crippen LogP contribution in [0.3, 0.4) is 0 Å². The van der Waals surface area contributed by atoms with E-state index in [0.29, 0.717) is 32.2 Å². The smallest absolute Gasteiger partial charge is 0.310 e. The molecule has 3 aromatic carbocycles. The van der Waals surface area contributed by atoms with Crippen LogP contribution in [0.5, 0.6) is 0 Å². The Morgan fingerprint density at radius 2 is 1.50 bits per heavy atom. The third-order valence-corrected chi connectivity index (χ3v) is 8.24. The lowest BCUT2D eigenvalue weighted by Crippen LogP contribution is -2.47. The van der Waals surface area contributed by atoms with Crippen LogP contribution in [-0.2, 0) is 38.5 Å². The van der Waals surface area contributed by atoms with Crippen LogP contribution in [0.2, 0.25) is 0 Å². The quantitative estimate of drug-likeness (QED) is 0.337. The van der Waals surface area contributed by atoms with Crippen LogP contribution in [0.4, 0.5) is 0 Å². The average Bonchev–Trinajstić information content (AvgIpc) is 3.03. The van der Waals surface area contributed by atoms with Gasteiger partial charge in [0.2, 0.25) is 11.8 Å². The van der Waals surface area contributed by atoms with Crippen LogP contribution in [-0.4, -0.2) is 47.0 Å². The predicted octanol–water partition coefficient (Wildman–Crippen LogP) is 4.55. The van der Waals surface area contributed by atoms with E-state index < -0.39 is 12.0 Å². The van der Waals surface area contributed by atoms with E-state index in [9.17, 15) is 19.5 Å². The molecule has 7 heteroatoms. The Morgan fingerprint density at radius 3 is 2.21 bits per heavy atom. The minimum absolute atomic E-state index is 0.0259. The molecule has 218 valence electrons. The number of aliphatic hydroxyl groups is 1. The van der Waals surface area contributed by atoms with Crippen molar-refractivity contribution in [2.24, 2.45) is 11.8 Å². The lowest BCUT2D eigenvalue weighted by Gasteiger charge is -2.36. The number of allylic oxidation sites excluding steroid dienone is 2. The highest BCUT2D eigenvalue weighted by molar-refractivity contribution is 5.86. The van der Waals surface area contributed by atoms with Gasteiger partial charge >= 0.3 is 5.97 Å². The maximum absolute atomic E-state index is 13.6. The van der Waals surface area contributed by atoms with Gasteiger partial charge in [-0.25, -0.2) is 0 Å². The molecular formula is C35H38N2O5. The van der Waals surface area contributed by atoms with E-state index >= 15 is 0 Å². The number of hydrogen-bond acceptors (Lipinski definition) is 5. The van der Waals surface area contributed by atoms with Crippen molar-refractivity contribution in [1.29, 1.82) is 0 Å². The molecule has 5 rings (SSSR count). The van der Waals surface area contributed by atoms with Gasteiger partial charge in [-0.15, -0.1) is 0 Å². The van der Waals surface area contributed by atoms with Crippen molar-refractivity contribution in [2.45, 2.75) is 50.8 Å². The number of rotatable bonds is 6. The number of nitrogens with one attached hydrogen (secondary N) is 1. The van der Waals surface area contributed by atoms with E-state index in [-0.39, 0.29) is 49.3 Å². The van der Waals surface area contributed by atoms with E-state index in [1.807, 2.05) is 97.1 Å². The van der Waals surface area contributed by atoms with Crippen LogP contribution in [0, 0.1) is 11.8 Å². The van der Waals surface area contributed by atoms with Gasteiger partial charge in [0.1, 0.15) is 6.10 Å². The summed E-state index contributed by atoms with van der Waals surface area (Å²) < 4.78 is 6.03. The zero-order valence-electron chi connectivity index (χ0n) is 23.7. The number of benzene rings is 3. The van der Waals surface area contributed by atoms with E-state index in [2.05, 4.69) is 5.32 Å². The van der Waals surface area contributed by atoms with Gasteiger partial charge in [-0.05, 0) is 47.9 Å². The molecule has 7 nitrogen and oxygen atoms in total. The molecule has 0 radical (unpaired) electrons. The van der Waals surface area contributed by atoms with Crippen LogP contribution in [0.1, 0.15) is 47.6 Å². The lowest BCUT2D eigenvalue weighted by molar-refractivity contribution is -0.155. The van der Waals surface area contributed by atoms with Crippen LogP contribution in [0.25, 0.3) is 0 Å². The average molecular weight is 567 g/mol. The zero-order chi connectivity index (χ0) is 29.3. The molecule has 2 amide bonds. The summed E-state index contributed by atoms with van der Waals surface area (Å²) in [6, 6.07) is 26.9. The minimum atomic E-state index is -0.655. The summed E-state index contributed by atoms with van der Waals surface area (Å²) in [7, 11) is 0. The van der Waals surface area contributed by atoms with E-state index in [4.69, 9.17) is 4.74 Å². The largest absolute Gasteiger partial charge is 0.455 e. The first-order valence-corrected chi connectivity index (χ1v) is 14.7. The summed E-state index contributed by atoms with van der Waals surface area (Å²) in [5.41, 5.74) is 4.05. The summed E-state index contributed by atoms with van der Waals surface area (Å²) in [6.07, 6.45) is 5.15. The van der Waals surface area contributed by atoms with E-state index in [1.54, 1.807) is 4.90 Å². The number of hydrogen-bond donors (Lipinski definition) is 2. The van der Waals surface area contributed by atoms with Crippen molar-refractivity contribution in [3.8, 4) is 0 Å². The number of amides is 2. The number of carbonyl (C=O) groups excluding carboxylic acids is 3. The molecule has 4 atom stereocenters. The Balaban J connectivity index is 1.35. The first-order chi connectivity index (χ1) is 20.5. The van der Waals surface area contributed by atoms with Gasteiger partial charge in [0.15, 0.2) is 0 Å². The van der Waals surface area contributed by atoms with Gasteiger partial charge in [-0.2, -0.15) is 0 Å². The van der Waals surface area contributed by atoms with E-state index in [1.165, 1.54) is 0 Å². The Bertz CT molecular complexity index is 1390. The molecule has 0 aliphatic carbocycles. The predicted molar refractivity (Wildman–Crippen MR) is 160 cm³/mol. The van der Waals surface area contributed by atoms with Gasteiger partial charge in [0, 0.05) is 13.0 Å². The minimum Gasteiger partial charge on any atom is -0.455 e. The SMILES string of the molecule is O=C1NC[C@H](c2ccccc2)OC(=O)[C@@H](Cc2ccccc2)CC=CC[C@@H]1CC(=O)N1Cc2ccccc2C[C@H]1CO. The summed E-state index contributed by atoms with van der Waals surface area (Å²) >= 11 is 0. The third kappa shape index (κ3) is 7.34. The molecule has 0 aromatic heterocycles. The number of nitrogens with zero attached hydrogens (tertiary/aromatic N) is 1. The van der Waals surface area contributed by atoms with Crippen LogP contribution in [0.15, 0.2) is 97.1 Å². The van der Waals surface area contributed by atoms with Gasteiger partial charge in [-0.3, -0.25) is 14.4 Å². The van der Waals surface area contributed by atoms with Crippen molar-refractivity contribution in [3.05, 3.63) is 119 Å². The Kier molecular flexibility index (Phi) is 9.82. The van der Waals surface area contributed by atoms with Gasteiger partial charge in [-0.1, -0.05) is 97.1 Å². The maximum Gasteiger partial charge on any atom is 0.310 e. The molecule has 2 aliphatic rings. The number of carbonyl (C=O) groups is 3. The van der Waals surface area contributed by atoms with Crippen molar-refractivity contribution < 1.29 is 24.2 Å². The topological polar surface area (TPSA) is 95.9 Å². The molecule has 42 heavy (non-hydrogen) atoms. The number of cyclic esters (lactones) is 1. The molecule has 3 aromatic rings. The summed E-state index contributed by atoms with van der Waals surface area (Å²) in [6.45, 7) is 0.388. The van der Waals surface area contributed by atoms with Crippen molar-refractivity contribution in [3.63, 3.8) is 0 Å². The van der Waals surface area contributed by atoms with Crippen molar-refractivity contribution in [2.75, 3.05) is 13.2 Å². The third-order valence-electron chi connectivity index (χ3n) is 8.24. The van der Waals surface area contributed by atoms with Crippen LogP contribution >= 0.6 is 0 Å². The first kappa shape index (κ1) is 29.3. The first-order valence-electron chi connectivity index (χ1n) is 14.7. The summed E-state index contributed by atoms with van der Waals surface area (Å²) in [5.74, 6) is -1.70. The lowest BCUT2D eigenvalue weighted by atomic mass is 9.92. The maximum atomic E-state index is 13.6. The highest BCUT2D eigenvalue weighted by atomic mass is 16.5. The monoisotopic (exact) mass is 566 g/mol. The van der Waals surface area contributed by atoms with Crippen molar-refractivity contribution in [1.82, 2.24) is 10.2 Å². The molecule has 0 spiro atoms. The normalized spacial score (nSPS) is 23.1. The second-order valence-corrected chi connectivity index (χ2v) is 11.1. The summed E-state index contributed by atoms with van der Waals surface area (Å²) in [4.78, 5) is 42.1. The number of fused-ring (bicyclic) bond motifs is 1. The highest BCUT2D eigenvalue weighted by Gasteiger charge is 2.33. The Morgan fingerprint density at radius 1 is 0.857 bits per heavy atom. The Labute approximate surface area is 247 Å². The fourth-order valence-electron chi connectivity index (χ4n) is 5.81.